The van der Waals surface area contributed by atoms with Crippen LogP contribution in [0.1, 0.15) is 36.7 Å². The monoisotopic (exact) mass is 464 g/mol. The molecule has 3 aromatic heterocycles. The standard InChI is InChI=1S/C25H28N4O5/c1-6-8-12-33-15-20(30)26-23-19(25(32)34-7-2)13-18-22(29(23)14-16(3)4)27-21-17(5)10-9-11-28(21)24(18)31/h6,8-13,16H,1,7,14-15H2,2-5H3. The number of carbonyl (C=O) groups is 2. The summed E-state index contributed by atoms with van der Waals surface area (Å²) >= 11 is 0. The minimum atomic E-state index is -0.685. The lowest BCUT2D eigenvalue weighted by molar-refractivity contribution is -0.120. The molecule has 3 heterocycles. The van der Waals surface area contributed by atoms with Crippen molar-refractivity contribution < 1.29 is 19.1 Å². The lowest BCUT2D eigenvalue weighted by Crippen LogP contribution is -2.34. The number of aromatic nitrogens is 3. The van der Waals surface area contributed by atoms with Crippen molar-refractivity contribution in [1.29, 1.82) is 0 Å². The first-order chi connectivity index (χ1) is 16.3. The first-order valence-electron chi connectivity index (χ1n) is 11.0. The first kappa shape index (κ1) is 24.6. The summed E-state index contributed by atoms with van der Waals surface area (Å²) in [6.45, 7) is 11.2. The Balaban J connectivity index is 2.41. The van der Waals surface area contributed by atoms with Crippen LogP contribution in [0.25, 0.3) is 16.7 Å². The summed E-state index contributed by atoms with van der Waals surface area (Å²) in [4.78, 5) is 47.8. The fraction of sp³-hybridized carbons (Fsp3) is 0.320. The van der Waals surface area contributed by atoms with Gasteiger partial charge in [-0.05, 0) is 43.5 Å². The van der Waals surface area contributed by atoms with Crippen LogP contribution >= 0.6 is 0 Å². The highest BCUT2D eigenvalue weighted by Crippen LogP contribution is 2.14. The molecule has 0 saturated heterocycles. The molecule has 0 radical (unpaired) electrons. The van der Waals surface area contributed by atoms with E-state index >= 15 is 0 Å². The van der Waals surface area contributed by atoms with E-state index in [1.165, 1.54) is 28.9 Å². The van der Waals surface area contributed by atoms with Crippen molar-refractivity contribution in [2.75, 3.05) is 13.2 Å². The Morgan fingerprint density at radius 3 is 2.74 bits per heavy atom. The van der Waals surface area contributed by atoms with Gasteiger partial charge in [0.25, 0.3) is 11.5 Å². The fourth-order valence-corrected chi connectivity index (χ4v) is 3.49. The molecule has 178 valence electrons. The van der Waals surface area contributed by atoms with Gasteiger partial charge in [0.1, 0.15) is 16.9 Å². The molecular weight excluding hydrogens is 436 g/mol. The van der Waals surface area contributed by atoms with Gasteiger partial charge < -0.3 is 14.0 Å². The smallest absolute Gasteiger partial charge is 0.341 e. The molecule has 9 nitrogen and oxygen atoms in total. The third-order valence-corrected chi connectivity index (χ3v) is 4.90. The SMILES string of the molecule is C=CC=COCC(=O)N=c1c(C(=O)OCC)cc2c(=O)n3cccc(C)c3nc2n1CC(C)C. The van der Waals surface area contributed by atoms with E-state index in [2.05, 4.69) is 11.6 Å². The number of aryl methyl sites for hydroxylation is 1. The minimum absolute atomic E-state index is 0.0106. The maximum atomic E-state index is 13.4. The first-order valence-corrected chi connectivity index (χ1v) is 11.0. The number of allylic oxidation sites excluding steroid dienone is 2. The van der Waals surface area contributed by atoms with Crippen LogP contribution in [-0.4, -0.2) is 39.0 Å². The Morgan fingerprint density at radius 1 is 1.29 bits per heavy atom. The number of amides is 1. The van der Waals surface area contributed by atoms with Gasteiger partial charge in [-0.15, -0.1) is 0 Å². The molecule has 3 rings (SSSR count). The van der Waals surface area contributed by atoms with Crippen molar-refractivity contribution in [3.05, 3.63) is 76.4 Å². The van der Waals surface area contributed by atoms with E-state index in [0.717, 1.165) is 5.56 Å². The van der Waals surface area contributed by atoms with Gasteiger partial charge in [-0.3, -0.25) is 14.0 Å². The van der Waals surface area contributed by atoms with Crippen molar-refractivity contribution in [3.8, 4) is 0 Å². The topological polar surface area (TPSA) is 104 Å². The van der Waals surface area contributed by atoms with E-state index in [4.69, 9.17) is 14.5 Å². The lowest BCUT2D eigenvalue weighted by Gasteiger charge is -2.17. The van der Waals surface area contributed by atoms with Crippen molar-refractivity contribution in [3.63, 3.8) is 0 Å². The largest absolute Gasteiger partial charge is 0.491 e. The zero-order valence-corrected chi connectivity index (χ0v) is 19.8. The van der Waals surface area contributed by atoms with E-state index in [-0.39, 0.29) is 41.1 Å². The summed E-state index contributed by atoms with van der Waals surface area (Å²) in [7, 11) is 0. The Labute approximate surface area is 196 Å². The zero-order valence-electron chi connectivity index (χ0n) is 19.8. The number of hydrogen-bond acceptors (Lipinski definition) is 6. The van der Waals surface area contributed by atoms with Crippen LogP contribution in [0.5, 0.6) is 0 Å². The highest BCUT2D eigenvalue weighted by Gasteiger charge is 2.20. The Kier molecular flexibility index (Phi) is 7.78. The summed E-state index contributed by atoms with van der Waals surface area (Å²) in [6, 6.07) is 5.02. The molecule has 0 fully saturated rings. The highest BCUT2D eigenvalue weighted by atomic mass is 16.5. The molecule has 9 heteroatoms. The molecule has 3 aromatic rings. The van der Waals surface area contributed by atoms with Gasteiger partial charge in [0.05, 0.1) is 18.3 Å². The average molecular weight is 465 g/mol. The van der Waals surface area contributed by atoms with Gasteiger partial charge in [0, 0.05) is 12.7 Å². The van der Waals surface area contributed by atoms with Gasteiger partial charge in [-0.2, -0.15) is 4.99 Å². The molecule has 0 spiro atoms. The molecule has 0 aliphatic rings. The van der Waals surface area contributed by atoms with Gasteiger partial charge in [-0.1, -0.05) is 32.6 Å². The number of nitrogens with zero attached hydrogens (tertiary/aromatic N) is 4. The van der Waals surface area contributed by atoms with Crippen molar-refractivity contribution in [2.45, 2.75) is 34.2 Å². The molecular formula is C25H28N4O5. The lowest BCUT2D eigenvalue weighted by atomic mass is 10.1. The number of fused-ring (bicyclic) bond motifs is 2. The number of rotatable bonds is 8. The summed E-state index contributed by atoms with van der Waals surface area (Å²) in [5.74, 6) is -1.20. The van der Waals surface area contributed by atoms with Crippen LogP contribution in [0.4, 0.5) is 0 Å². The van der Waals surface area contributed by atoms with Gasteiger partial charge in [0.15, 0.2) is 12.1 Å². The third kappa shape index (κ3) is 5.14. The number of pyridine rings is 2. The number of ether oxygens (including phenoxy) is 2. The molecule has 34 heavy (non-hydrogen) atoms. The molecule has 0 unspecified atom stereocenters. The Hall–Kier alpha value is -4.01. The van der Waals surface area contributed by atoms with Crippen LogP contribution in [0.15, 0.2) is 59.2 Å². The molecule has 1 amide bonds. The molecule has 0 N–H and O–H groups in total. The predicted octanol–water partition coefficient (Wildman–Crippen LogP) is 2.93. The molecule has 0 aliphatic heterocycles. The predicted molar refractivity (Wildman–Crippen MR) is 128 cm³/mol. The number of esters is 1. The second-order valence-electron chi connectivity index (χ2n) is 8.03. The van der Waals surface area contributed by atoms with Crippen LogP contribution < -0.4 is 11.0 Å². The van der Waals surface area contributed by atoms with Gasteiger partial charge >= 0.3 is 5.97 Å². The Bertz CT molecular complexity index is 1410. The van der Waals surface area contributed by atoms with E-state index in [1.54, 1.807) is 23.8 Å². The second kappa shape index (κ2) is 10.7. The van der Waals surface area contributed by atoms with Crippen LogP contribution in [-0.2, 0) is 20.8 Å². The maximum absolute atomic E-state index is 13.4. The second-order valence-corrected chi connectivity index (χ2v) is 8.03. The van der Waals surface area contributed by atoms with Crippen molar-refractivity contribution in [1.82, 2.24) is 14.0 Å². The highest BCUT2D eigenvalue weighted by molar-refractivity contribution is 5.93. The summed E-state index contributed by atoms with van der Waals surface area (Å²) in [5.41, 5.74) is 1.38. The number of carbonyl (C=O) groups excluding carboxylic acids is 2. The van der Waals surface area contributed by atoms with Gasteiger partial charge in [-0.25, -0.2) is 9.78 Å². The third-order valence-electron chi connectivity index (χ3n) is 4.90. The maximum Gasteiger partial charge on any atom is 0.341 e. The molecule has 0 saturated carbocycles. The molecule has 0 atom stereocenters. The van der Waals surface area contributed by atoms with Crippen LogP contribution in [0.3, 0.4) is 0 Å². The van der Waals surface area contributed by atoms with E-state index in [1.807, 2.05) is 26.8 Å². The summed E-state index contributed by atoms with van der Waals surface area (Å²) in [6.07, 6.45) is 6.00. The fourth-order valence-electron chi connectivity index (χ4n) is 3.49. The quantitative estimate of drug-likeness (QED) is 0.220. The Morgan fingerprint density at radius 2 is 2.06 bits per heavy atom. The average Bonchev–Trinajstić information content (AvgIpc) is 2.79. The molecule has 0 aliphatic carbocycles. The van der Waals surface area contributed by atoms with Gasteiger partial charge in [0.2, 0.25) is 0 Å². The number of hydrogen-bond donors (Lipinski definition) is 0. The van der Waals surface area contributed by atoms with E-state index in [0.29, 0.717) is 17.8 Å². The minimum Gasteiger partial charge on any atom is -0.491 e. The summed E-state index contributed by atoms with van der Waals surface area (Å²) in [5, 5.41) is 0.225. The molecule has 0 aromatic carbocycles. The van der Waals surface area contributed by atoms with E-state index in [9.17, 15) is 14.4 Å². The van der Waals surface area contributed by atoms with Crippen molar-refractivity contribution in [2.24, 2.45) is 10.9 Å². The van der Waals surface area contributed by atoms with Crippen LogP contribution in [0, 0.1) is 12.8 Å². The zero-order chi connectivity index (χ0) is 24.8. The normalized spacial score (nSPS) is 12.1. The summed E-state index contributed by atoms with van der Waals surface area (Å²) < 4.78 is 13.5. The molecule has 0 bridgehead atoms. The van der Waals surface area contributed by atoms with Crippen molar-refractivity contribution >= 4 is 28.6 Å². The van der Waals surface area contributed by atoms with E-state index < -0.39 is 11.9 Å². The van der Waals surface area contributed by atoms with Crippen LogP contribution in [0.2, 0.25) is 0 Å².